The van der Waals surface area contributed by atoms with Crippen LogP contribution >= 0.6 is 0 Å². The first kappa shape index (κ1) is 14.8. The van der Waals surface area contributed by atoms with Gasteiger partial charge in [0.2, 0.25) is 11.8 Å². The van der Waals surface area contributed by atoms with Gasteiger partial charge in [-0.25, -0.2) is 4.98 Å². The molecule has 0 bridgehead atoms. The van der Waals surface area contributed by atoms with Gasteiger partial charge >= 0.3 is 0 Å². The lowest BCUT2D eigenvalue weighted by atomic mass is 10.3. The lowest BCUT2D eigenvalue weighted by Gasteiger charge is -2.07. The van der Waals surface area contributed by atoms with Gasteiger partial charge in [-0.3, -0.25) is 9.20 Å². The fourth-order valence-corrected chi connectivity index (χ4v) is 2.52. The number of pyridine rings is 1. The van der Waals surface area contributed by atoms with E-state index in [9.17, 15) is 9.18 Å². The van der Waals surface area contributed by atoms with Crippen molar-refractivity contribution in [2.24, 2.45) is 0 Å². The molecule has 0 aliphatic heterocycles. The van der Waals surface area contributed by atoms with Gasteiger partial charge in [0.15, 0.2) is 11.5 Å². The lowest BCUT2D eigenvalue weighted by molar-refractivity contribution is 0.0923. The summed E-state index contributed by atoms with van der Waals surface area (Å²) in [5, 5.41) is 6.56. The van der Waals surface area contributed by atoms with Crippen molar-refractivity contribution in [1.82, 2.24) is 24.8 Å². The highest BCUT2D eigenvalue weighted by Crippen LogP contribution is 2.38. The number of nitrogens with one attached hydrogen (secondary N) is 1. The molecule has 0 radical (unpaired) electrons. The van der Waals surface area contributed by atoms with E-state index in [1.165, 1.54) is 4.40 Å². The first-order valence-electron chi connectivity index (χ1n) is 7.81. The number of amides is 1. The quantitative estimate of drug-likeness (QED) is 0.795. The summed E-state index contributed by atoms with van der Waals surface area (Å²) in [7, 11) is 0. The summed E-state index contributed by atoms with van der Waals surface area (Å²) in [6.45, 7) is 3.55. The van der Waals surface area contributed by atoms with E-state index in [0.717, 1.165) is 18.4 Å². The van der Waals surface area contributed by atoms with Crippen molar-refractivity contribution in [3.8, 4) is 0 Å². The van der Waals surface area contributed by atoms with Crippen LogP contribution in [0.3, 0.4) is 0 Å². The molecule has 0 saturated heterocycles. The Hall–Kier alpha value is -2.77. The molecule has 3 heterocycles. The number of hydrogen-bond donors (Lipinski definition) is 1. The van der Waals surface area contributed by atoms with Gasteiger partial charge in [0.05, 0.1) is 0 Å². The molecule has 4 rings (SSSR count). The number of nitrogens with zero attached hydrogens (tertiary/aromatic N) is 4. The Morgan fingerprint density at radius 1 is 1.42 bits per heavy atom. The average molecular weight is 329 g/mol. The van der Waals surface area contributed by atoms with Crippen LogP contribution in [0.2, 0.25) is 0 Å². The zero-order valence-corrected chi connectivity index (χ0v) is 13.3. The van der Waals surface area contributed by atoms with Gasteiger partial charge in [0, 0.05) is 12.1 Å². The monoisotopic (exact) mass is 329 g/mol. The van der Waals surface area contributed by atoms with E-state index in [4.69, 9.17) is 4.52 Å². The SMILES string of the molecule is Cc1ccc2nc(C(=O)N[C@@H](C)c3nc(C4CC4)no3)c(F)n2c1. The standard InChI is InChI=1S/C16H16FN5O2/c1-8-3-6-11-19-12(13(17)22(11)7-8)15(23)18-9(2)16-20-14(21-24-16)10-4-5-10/h3,6-7,9-10H,4-5H2,1-2H3,(H,18,23)/t9-/m0/s1. The Bertz CT molecular complexity index is 928. The van der Waals surface area contributed by atoms with Crippen LogP contribution in [0.4, 0.5) is 4.39 Å². The molecule has 3 aromatic heterocycles. The van der Waals surface area contributed by atoms with E-state index >= 15 is 0 Å². The van der Waals surface area contributed by atoms with Gasteiger partial charge in [0.25, 0.3) is 5.91 Å². The summed E-state index contributed by atoms with van der Waals surface area (Å²) >= 11 is 0. The van der Waals surface area contributed by atoms with E-state index in [1.807, 2.05) is 13.0 Å². The third-order valence-corrected chi connectivity index (χ3v) is 4.04. The molecular formula is C16H16FN5O2. The molecule has 8 heteroatoms. The van der Waals surface area contributed by atoms with Crippen molar-refractivity contribution in [2.45, 2.75) is 38.6 Å². The van der Waals surface area contributed by atoms with Crippen LogP contribution in [-0.2, 0) is 0 Å². The maximum absolute atomic E-state index is 14.4. The predicted molar refractivity (Wildman–Crippen MR) is 82.0 cm³/mol. The van der Waals surface area contributed by atoms with Crippen molar-refractivity contribution in [2.75, 3.05) is 0 Å². The number of halogens is 1. The lowest BCUT2D eigenvalue weighted by Crippen LogP contribution is -2.28. The van der Waals surface area contributed by atoms with E-state index in [1.54, 1.807) is 19.2 Å². The number of aromatic nitrogens is 4. The molecular weight excluding hydrogens is 313 g/mol. The minimum atomic E-state index is -0.692. The molecule has 1 fully saturated rings. The molecule has 7 nitrogen and oxygen atoms in total. The number of carbonyl (C=O) groups excluding carboxylic acids is 1. The molecule has 1 saturated carbocycles. The Labute approximate surface area is 136 Å². The number of imidazole rings is 1. The summed E-state index contributed by atoms with van der Waals surface area (Å²) in [4.78, 5) is 20.7. The highest BCUT2D eigenvalue weighted by molar-refractivity contribution is 5.93. The second-order valence-electron chi connectivity index (χ2n) is 6.15. The first-order valence-corrected chi connectivity index (χ1v) is 7.81. The van der Waals surface area contributed by atoms with Crippen LogP contribution < -0.4 is 5.32 Å². The van der Waals surface area contributed by atoms with Crippen LogP contribution in [0.15, 0.2) is 22.9 Å². The molecule has 0 unspecified atom stereocenters. The fraction of sp³-hybridized carbons (Fsp3) is 0.375. The maximum atomic E-state index is 14.4. The number of aryl methyl sites for hydroxylation is 1. The van der Waals surface area contributed by atoms with Gasteiger partial charge in [-0.15, -0.1) is 0 Å². The van der Waals surface area contributed by atoms with Crippen LogP contribution in [0.5, 0.6) is 0 Å². The second kappa shape index (κ2) is 5.40. The summed E-state index contributed by atoms with van der Waals surface area (Å²) in [6.07, 6.45) is 3.72. The number of rotatable bonds is 4. The number of fused-ring (bicyclic) bond motifs is 1. The number of hydrogen-bond acceptors (Lipinski definition) is 5. The molecule has 3 aromatic rings. The second-order valence-corrected chi connectivity index (χ2v) is 6.15. The summed E-state index contributed by atoms with van der Waals surface area (Å²) < 4.78 is 20.8. The van der Waals surface area contributed by atoms with Crippen LogP contribution in [0.1, 0.15) is 59.5 Å². The van der Waals surface area contributed by atoms with Crippen LogP contribution in [0, 0.1) is 12.9 Å². The van der Waals surface area contributed by atoms with E-state index < -0.39 is 17.9 Å². The summed E-state index contributed by atoms with van der Waals surface area (Å²) in [5.41, 5.74) is 0.997. The van der Waals surface area contributed by atoms with E-state index in [0.29, 0.717) is 23.3 Å². The topological polar surface area (TPSA) is 85.3 Å². The minimum absolute atomic E-state index is 0.255. The Kier molecular flexibility index (Phi) is 3.33. The molecule has 0 aromatic carbocycles. The summed E-state index contributed by atoms with van der Waals surface area (Å²) in [6, 6.07) is 2.95. The first-order chi connectivity index (χ1) is 11.5. The van der Waals surface area contributed by atoms with Crippen molar-refractivity contribution < 1.29 is 13.7 Å². The molecule has 24 heavy (non-hydrogen) atoms. The van der Waals surface area contributed by atoms with Crippen molar-refractivity contribution in [3.05, 3.63) is 47.2 Å². The van der Waals surface area contributed by atoms with Crippen molar-refractivity contribution in [1.29, 1.82) is 0 Å². The normalized spacial score (nSPS) is 15.6. The molecule has 1 aliphatic rings. The highest BCUT2D eigenvalue weighted by atomic mass is 19.1. The van der Waals surface area contributed by atoms with Crippen molar-refractivity contribution in [3.63, 3.8) is 0 Å². The predicted octanol–water partition coefficient (Wildman–Crippen LogP) is 2.53. The Morgan fingerprint density at radius 3 is 2.96 bits per heavy atom. The van der Waals surface area contributed by atoms with E-state index in [2.05, 4.69) is 20.4 Å². The molecule has 0 spiro atoms. The minimum Gasteiger partial charge on any atom is -0.339 e. The Morgan fingerprint density at radius 2 is 2.21 bits per heavy atom. The zero-order valence-electron chi connectivity index (χ0n) is 13.3. The van der Waals surface area contributed by atoms with Gasteiger partial charge in [-0.1, -0.05) is 11.2 Å². The smallest absolute Gasteiger partial charge is 0.275 e. The molecule has 1 atom stereocenters. The molecule has 1 aliphatic carbocycles. The largest absolute Gasteiger partial charge is 0.339 e. The molecule has 1 N–H and O–H groups in total. The highest BCUT2D eigenvalue weighted by Gasteiger charge is 2.30. The molecule has 124 valence electrons. The van der Waals surface area contributed by atoms with Gasteiger partial charge < -0.3 is 9.84 Å². The summed E-state index contributed by atoms with van der Waals surface area (Å²) in [5.74, 6) is 0.0328. The third-order valence-electron chi connectivity index (χ3n) is 4.04. The zero-order chi connectivity index (χ0) is 16.8. The third kappa shape index (κ3) is 2.53. The number of carbonyl (C=O) groups is 1. The van der Waals surface area contributed by atoms with Crippen molar-refractivity contribution >= 4 is 11.6 Å². The fourth-order valence-electron chi connectivity index (χ4n) is 2.52. The van der Waals surface area contributed by atoms with Crippen LogP contribution in [0.25, 0.3) is 5.65 Å². The Balaban J connectivity index is 1.55. The average Bonchev–Trinajstić information content (AvgIpc) is 3.19. The van der Waals surface area contributed by atoms with E-state index in [-0.39, 0.29) is 5.69 Å². The van der Waals surface area contributed by atoms with Gasteiger partial charge in [-0.2, -0.15) is 9.37 Å². The van der Waals surface area contributed by atoms with Gasteiger partial charge in [-0.05, 0) is 38.3 Å². The van der Waals surface area contributed by atoms with Gasteiger partial charge in [0.1, 0.15) is 11.7 Å². The maximum Gasteiger partial charge on any atom is 0.275 e. The molecule has 1 amide bonds. The van der Waals surface area contributed by atoms with Crippen LogP contribution in [-0.4, -0.2) is 25.4 Å².